The highest BCUT2D eigenvalue weighted by molar-refractivity contribution is 9.10. The largest absolute Gasteiger partial charge is 0.398 e. The van der Waals surface area contributed by atoms with Crippen molar-refractivity contribution in [1.29, 1.82) is 0 Å². The molecule has 0 bridgehead atoms. The van der Waals surface area contributed by atoms with Gasteiger partial charge in [-0.2, -0.15) is 0 Å². The van der Waals surface area contributed by atoms with E-state index in [1.54, 1.807) is 6.07 Å². The number of anilines is 1. The van der Waals surface area contributed by atoms with Crippen LogP contribution in [0.15, 0.2) is 46.9 Å². The van der Waals surface area contributed by atoms with E-state index < -0.39 is 0 Å². The van der Waals surface area contributed by atoms with Gasteiger partial charge in [0.25, 0.3) is 5.91 Å². The second-order valence-electron chi connectivity index (χ2n) is 4.79. The van der Waals surface area contributed by atoms with E-state index in [9.17, 15) is 4.79 Å². The van der Waals surface area contributed by atoms with Crippen molar-refractivity contribution in [2.45, 2.75) is 19.9 Å². The van der Waals surface area contributed by atoms with Crippen LogP contribution in [0.4, 0.5) is 5.69 Å². The zero-order chi connectivity index (χ0) is 14.7. The first-order chi connectivity index (χ1) is 9.49. The van der Waals surface area contributed by atoms with E-state index in [0.717, 1.165) is 15.6 Å². The van der Waals surface area contributed by atoms with Crippen molar-refractivity contribution in [2.24, 2.45) is 0 Å². The Morgan fingerprint density at radius 2 is 1.85 bits per heavy atom. The zero-order valence-electron chi connectivity index (χ0n) is 11.5. The number of amides is 1. The molecule has 1 amide bonds. The molecule has 0 spiro atoms. The predicted molar refractivity (Wildman–Crippen MR) is 85.6 cm³/mol. The van der Waals surface area contributed by atoms with Crippen molar-refractivity contribution in [3.05, 3.63) is 63.6 Å². The van der Waals surface area contributed by atoms with Crippen molar-refractivity contribution < 1.29 is 4.79 Å². The van der Waals surface area contributed by atoms with Crippen molar-refractivity contribution in [3.63, 3.8) is 0 Å². The molecule has 0 saturated carbocycles. The van der Waals surface area contributed by atoms with Gasteiger partial charge in [-0.1, -0.05) is 40.2 Å². The number of hydrogen-bond donors (Lipinski definition) is 2. The Kier molecular flexibility index (Phi) is 4.45. The van der Waals surface area contributed by atoms with Crippen molar-refractivity contribution in [1.82, 2.24) is 5.32 Å². The Bertz CT molecular complexity index is 603. The number of carbonyl (C=O) groups is 1. The van der Waals surface area contributed by atoms with Crippen LogP contribution in [0.5, 0.6) is 0 Å². The normalized spacial score (nSPS) is 11.9. The molecule has 0 radical (unpaired) electrons. The second kappa shape index (κ2) is 6.09. The fraction of sp³-hybridized carbons (Fsp3) is 0.188. The van der Waals surface area contributed by atoms with Gasteiger partial charge in [-0.05, 0) is 43.2 Å². The summed E-state index contributed by atoms with van der Waals surface area (Å²) in [6, 6.07) is 13.3. The average Bonchev–Trinajstić information content (AvgIpc) is 2.39. The number of nitrogens with two attached hydrogens (primary N) is 1. The topological polar surface area (TPSA) is 55.1 Å². The highest BCUT2D eigenvalue weighted by Crippen LogP contribution is 2.20. The summed E-state index contributed by atoms with van der Waals surface area (Å²) in [6.07, 6.45) is 0. The zero-order valence-corrected chi connectivity index (χ0v) is 13.1. The van der Waals surface area contributed by atoms with Gasteiger partial charge < -0.3 is 11.1 Å². The van der Waals surface area contributed by atoms with E-state index in [1.165, 1.54) is 0 Å². The lowest BCUT2D eigenvalue weighted by molar-refractivity contribution is 0.0940. The fourth-order valence-corrected chi connectivity index (χ4v) is 2.37. The Hall–Kier alpha value is -1.81. The predicted octanol–water partition coefficient (Wildman–Crippen LogP) is 3.83. The fourth-order valence-electron chi connectivity index (χ4n) is 2.10. The first-order valence-electron chi connectivity index (χ1n) is 6.40. The molecule has 3 nitrogen and oxygen atoms in total. The Labute approximate surface area is 127 Å². The number of nitrogens with one attached hydrogen (secondary N) is 1. The lowest BCUT2D eigenvalue weighted by Gasteiger charge is -2.16. The summed E-state index contributed by atoms with van der Waals surface area (Å²) >= 11 is 3.40. The molecule has 2 aromatic carbocycles. The monoisotopic (exact) mass is 332 g/mol. The molecular weight excluding hydrogens is 316 g/mol. The minimum absolute atomic E-state index is 0.0744. The summed E-state index contributed by atoms with van der Waals surface area (Å²) in [5, 5.41) is 2.98. The minimum Gasteiger partial charge on any atom is -0.398 e. The van der Waals surface area contributed by atoms with Gasteiger partial charge in [0.05, 0.1) is 11.6 Å². The van der Waals surface area contributed by atoms with Crippen molar-refractivity contribution in [3.8, 4) is 0 Å². The number of hydrogen-bond acceptors (Lipinski definition) is 2. The Balaban J connectivity index is 2.17. The molecule has 0 aromatic heterocycles. The molecule has 104 valence electrons. The quantitative estimate of drug-likeness (QED) is 0.839. The Morgan fingerprint density at radius 1 is 1.20 bits per heavy atom. The highest BCUT2D eigenvalue weighted by Gasteiger charge is 2.15. The van der Waals surface area contributed by atoms with Crippen molar-refractivity contribution in [2.75, 3.05) is 5.73 Å². The van der Waals surface area contributed by atoms with Crippen LogP contribution in [0.2, 0.25) is 0 Å². The maximum absolute atomic E-state index is 12.3. The second-order valence-corrected chi connectivity index (χ2v) is 5.70. The molecule has 0 aliphatic rings. The van der Waals surface area contributed by atoms with Gasteiger partial charge >= 0.3 is 0 Å². The highest BCUT2D eigenvalue weighted by atomic mass is 79.9. The molecule has 4 heteroatoms. The number of aryl methyl sites for hydroxylation is 1. The lowest BCUT2D eigenvalue weighted by Crippen LogP contribution is -2.28. The SMILES string of the molecule is Cc1cccc(N)c1C(=O)N[C@H](C)c1ccc(Br)cc1. The molecule has 0 heterocycles. The van der Waals surface area contributed by atoms with Gasteiger partial charge in [-0.3, -0.25) is 4.79 Å². The van der Waals surface area contributed by atoms with E-state index in [4.69, 9.17) is 5.73 Å². The van der Waals surface area contributed by atoms with E-state index in [1.807, 2.05) is 50.2 Å². The summed E-state index contributed by atoms with van der Waals surface area (Å²) in [6.45, 7) is 3.84. The summed E-state index contributed by atoms with van der Waals surface area (Å²) in [7, 11) is 0. The molecule has 0 fully saturated rings. The van der Waals surface area contributed by atoms with E-state index in [2.05, 4.69) is 21.2 Å². The molecule has 0 aliphatic carbocycles. The number of nitrogen functional groups attached to an aromatic ring is 1. The van der Waals surface area contributed by atoms with Crippen LogP contribution < -0.4 is 11.1 Å². The molecule has 20 heavy (non-hydrogen) atoms. The maximum Gasteiger partial charge on any atom is 0.254 e. The van der Waals surface area contributed by atoms with E-state index in [-0.39, 0.29) is 11.9 Å². The van der Waals surface area contributed by atoms with Crippen molar-refractivity contribution >= 4 is 27.5 Å². The third-order valence-corrected chi connectivity index (χ3v) is 3.78. The third kappa shape index (κ3) is 3.20. The summed E-state index contributed by atoms with van der Waals surface area (Å²) in [5.74, 6) is -0.143. The number of halogens is 1. The lowest BCUT2D eigenvalue weighted by atomic mass is 10.0. The standard InChI is InChI=1S/C16H17BrN2O/c1-10-4-3-5-14(18)15(10)16(20)19-11(2)12-6-8-13(17)9-7-12/h3-9,11H,18H2,1-2H3,(H,19,20)/t11-/m1/s1. The molecule has 1 atom stereocenters. The van der Waals surface area contributed by atoms with Crippen LogP contribution in [-0.2, 0) is 0 Å². The van der Waals surface area contributed by atoms with E-state index in [0.29, 0.717) is 11.3 Å². The van der Waals surface area contributed by atoms with Gasteiger partial charge in [0.2, 0.25) is 0 Å². The van der Waals surface area contributed by atoms with Gasteiger partial charge in [0.1, 0.15) is 0 Å². The van der Waals surface area contributed by atoms with Gasteiger partial charge in [-0.25, -0.2) is 0 Å². The summed E-state index contributed by atoms with van der Waals surface area (Å²) < 4.78 is 1.02. The molecule has 3 N–H and O–H groups in total. The van der Waals surface area contributed by atoms with Crippen LogP contribution in [0, 0.1) is 6.92 Å². The van der Waals surface area contributed by atoms with Gasteiger partial charge in [-0.15, -0.1) is 0 Å². The van der Waals surface area contributed by atoms with Gasteiger partial charge in [0.15, 0.2) is 0 Å². The number of rotatable bonds is 3. The van der Waals surface area contributed by atoms with E-state index >= 15 is 0 Å². The molecule has 0 aliphatic heterocycles. The average molecular weight is 333 g/mol. The summed E-state index contributed by atoms with van der Waals surface area (Å²) in [5.41, 5.74) is 8.88. The molecule has 2 rings (SSSR count). The molecule has 0 unspecified atom stereocenters. The minimum atomic E-state index is -0.143. The summed E-state index contributed by atoms with van der Waals surface area (Å²) in [4.78, 5) is 12.3. The third-order valence-electron chi connectivity index (χ3n) is 3.25. The number of carbonyl (C=O) groups excluding carboxylic acids is 1. The molecule has 0 saturated heterocycles. The number of benzene rings is 2. The maximum atomic E-state index is 12.3. The first kappa shape index (κ1) is 14.6. The van der Waals surface area contributed by atoms with Gasteiger partial charge in [0, 0.05) is 10.2 Å². The van der Waals surface area contributed by atoms with Crippen LogP contribution >= 0.6 is 15.9 Å². The van der Waals surface area contributed by atoms with Crippen LogP contribution in [0.1, 0.15) is 34.5 Å². The van der Waals surface area contributed by atoms with Crippen LogP contribution in [0.25, 0.3) is 0 Å². The van der Waals surface area contributed by atoms with Crippen LogP contribution in [-0.4, -0.2) is 5.91 Å². The molecular formula is C16H17BrN2O. The van der Waals surface area contributed by atoms with Crippen LogP contribution in [0.3, 0.4) is 0 Å². The smallest absolute Gasteiger partial charge is 0.254 e. The first-order valence-corrected chi connectivity index (χ1v) is 7.19. The molecule has 2 aromatic rings. The Morgan fingerprint density at radius 3 is 2.45 bits per heavy atom.